The minimum Gasteiger partial charge on any atom is -0.310 e. The fourth-order valence-electron chi connectivity index (χ4n) is 10.9. The number of benzene rings is 10. The summed E-state index contributed by atoms with van der Waals surface area (Å²) in [6.45, 7) is 0. The van der Waals surface area contributed by atoms with E-state index in [9.17, 15) is 0 Å². The zero-order valence-corrected chi connectivity index (χ0v) is 33.3. The van der Waals surface area contributed by atoms with Crippen molar-refractivity contribution in [2.75, 3.05) is 4.90 Å². The minimum atomic E-state index is -0.556. The lowest BCUT2D eigenvalue weighted by atomic mass is 9.63. The molecule has 0 atom stereocenters. The van der Waals surface area contributed by atoms with Gasteiger partial charge in [0.25, 0.3) is 0 Å². The summed E-state index contributed by atoms with van der Waals surface area (Å²) < 4.78 is 2.54. The number of para-hydroxylation sites is 1. The van der Waals surface area contributed by atoms with Crippen LogP contribution in [0, 0.1) is 0 Å². The molecule has 2 aliphatic rings. The SMILES string of the molecule is c1ccc(-c2ccc(N(c3ccccc3)c3cc4c5c6c7c(cccc7ccc6n(-c6cccc(-c7ccccc7)c6)c5c3)C43c4ccccc4-c4ccccc43)cc2)cc1. The quantitative estimate of drug-likeness (QED) is 0.163. The number of fused-ring (bicyclic) bond motifs is 7. The molecule has 0 radical (unpaired) electrons. The summed E-state index contributed by atoms with van der Waals surface area (Å²) >= 11 is 0. The monoisotopic (exact) mass is 774 g/mol. The first-order chi connectivity index (χ1) is 30.3. The van der Waals surface area contributed by atoms with Gasteiger partial charge >= 0.3 is 0 Å². The van der Waals surface area contributed by atoms with Gasteiger partial charge in [0.05, 0.1) is 16.4 Å². The third-order valence-electron chi connectivity index (χ3n) is 13.3. The molecule has 13 rings (SSSR count). The molecule has 10 aromatic carbocycles. The van der Waals surface area contributed by atoms with Gasteiger partial charge in [-0.2, -0.15) is 0 Å². The number of anilines is 3. The van der Waals surface area contributed by atoms with Crippen molar-refractivity contribution in [3.05, 3.63) is 253 Å². The van der Waals surface area contributed by atoms with Crippen LogP contribution in [0.1, 0.15) is 22.3 Å². The van der Waals surface area contributed by atoms with E-state index in [0.717, 1.165) is 22.7 Å². The number of hydrogen-bond acceptors (Lipinski definition) is 1. The molecular weight excluding hydrogens is 737 g/mol. The van der Waals surface area contributed by atoms with Gasteiger partial charge in [-0.25, -0.2) is 0 Å². The van der Waals surface area contributed by atoms with Gasteiger partial charge in [-0.3, -0.25) is 0 Å². The number of nitrogens with zero attached hydrogens (tertiary/aromatic N) is 2. The first-order valence-electron chi connectivity index (χ1n) is 21.2. The second-order valence-corrected chi connectivity index (χ2v) is 16.4. The summed E-state index contributed by atoms with van der Waals surface area (Å²) in [6, 6.07) is 85.3. The second kappa shape index (κ2) is 13.0. The van der Waals surface area contributed by atoms with Gasteiger partial charge in [0, 0.05) is 33.5 Å². The van der Waals surface area contributed by atoms with Crippen molar-refractivity contribution in [1.82, 2.24) is 4.57 Å². The summed E-state index contributed by atoms with van der Waals surface area (Å²) in [7, 11) is 0. The van der Waals surface area contributed by atoms with Crippen molar-refractivity contribution in [2.24, 2.45) is 0 Å². The smallest absolute Gasteiger partial charge is 0.0727 e. The molecule has 284 valence electrons. The van der Waals surface area contributed by atoms with Crippen LogP contribution in [0.4, 0.5) is 17.1 Å². The Morgan fingerprint density at radius 1 is 0.311 bits per heavy atom. The van der Waals surface area contributed by atoms with Gasteiger partial charge in [0.2, 0.25) is 0 Å². The first-order valence-corrected chi connectivity index (χ1v) is 21.2. The molecule has 2 heteroatoms. The van der Waals surface area contributed by atoms with Crippen LogP contribution in [0.2, 0.25) is 0 Å². The summed E-state index contributed by atoms with van der Waals surface area (Å²) in [4.78, 5) is 2.45. The number of rotatable bonds is 6. The van der Waals surface area contributed by atoms with E-state index >= 15 is 0 Å². The molecule has 0 saturated carbocycles. The third-order valence-corrected chi connectivity index (χ3v) is 13.3. The second-order valence-electron chi connectivity index (χ2n) is 16.4. The lowest BCUT2D eigenvalue weighted by Gasteiger charge is -2.38. The largest absolute Gasteiger partial charge is 0.310 e. The highest BCUT2D eigenvalue weighted by Crippen LogP contribution is 2.63. The highest BCUT2D eigenvalue weighted by atomic mass is 15.1. The Balaban J connectivity index is 1.18. The zero-order valence-electron chi connectivity index (χ0n) is 33.3. The first kappa shape index (κ1) is 34.0. The lowest BCUT2D eigenvalue weighted by molar-refractivity contribution is 0.783. The predicted octanol–water partition coefficient (Wildman–Crippen LogP) is 15.4. The lowest BCUT2D eigenvalue weighted by Crippen LogP contribution is -2.31. The van der Waals surface area contributed by atoms with E-state index in [2.05, 4.69) is 240 Å². The predicted molar refractivity (Wildman–Crippen MR) is 255 cm³/mol. The van der Waals surface area contributed by atoms with Crippen LogP contribution >= 0.6 is 0 Å². The summed E-state index contributed by atoms with van der Waals surface area (Å²) in [5.41, 5.74) is 19.0. The maximum absolute atomic E-state index is 2.54. The molecule has 0 amide bonds. The van der Waals surface area contributed by atoms with E-state index in [0.29, 0.717) is 0 Å². The van der Waals surface area contributed by atoms with Crippen LogP contribution in [0.3, 0.4) is 0 Å². The molecule has 11 aromatic rings. The van der Waals surface area contributed by atoms with Gasteiger partial charge in [-0.15, -0.1) is 0 Å². The maximum Gasteiger partial charge on any atom is 0.0727 e. The van der Waals surface area contributed by atoms with E-state index in [1.807, 2.05) is 0 Å². The van der Waals surface area contributed by atoms with Crippen molar-refractivity contribution in [1.29, 1.82) is 0 Å². The molecule has 0 N–H and O–H groups in total. The molecule has 61 heavy (non-hydrogen) atoms. The molecular formula is C59H38N2. The van der Waals surface area contributed by atoms with E-state index in [-0.39, 0.29) is 0 Å². The van der Waals surface area contributed by atoms with Crippen molar-refractivity contribution in [2.45, 2.75) is 5.41 Å². The van der Waals surface area contributed by atoms with Gasteiger partial charge in [-0.05, 0) is 121 Å². The van der Waals surface area contributed by atoms with Crippen molar-refractivity contribution >= 4 is 49.6 Å². The van der Waals surface area contributed by atoms with Crippen LogP contribution in [0.25, 0.3) is 71.6 Å². The number of aromatic nitrogens is 1. The Morgan fingerprint density at radius 2 is 0.869 bits per heavy atom. The molecule has 2 aliphatic carbocycles. The van der Waals surface area contributed by atoms with E-state index in [1.54, 1.807) is 0 Å². The molecule has 0 fully saturated rings. The average molecular weight is 775 g/mol. The maximum atomic E-state index is 2.54. The highest BCUT2D eigenvalue weighted by Gasteiger charge is 2.50. The molecule has 0 aliphatic heterocycles. The fraction of sp³-hybridized carbons (Fsp3) is 0.0169. The van der Waals surface area contributed by atoms with Crippen molar-refractivity contribution in [3.63, 3.8) is 0 Å². The van der Waals surface area contributed by atoms with Gasteiger partial charge in [0.1, 0.15) is 0 Å². The standard InChI is InChI=1S/C59H38N2/c1-4-16-39(17-5-1)41-30-33-45(34-31-41)60(44-22-8-3-9-23-44)47-37-53-57-55(38-47)61(46-24-14-21-43(36-46)40-18-6-2-7-19-40)54-35-32-42-20-15-29-52(56(42)58(54)57)59(53)50-27-12-10-25-48(50)49-26-11-13-28-51(49)59/h1-38H. The molecule has 0 unspecified atom stereocenters. The van der Waals surface area contributed by atoms with E-state index in [4.69, 9.17) is 0 Å². The van der Waals surface area contributed by atoms with Crippen LogP contribution in [-0.4, -0.2) is 4.57 Å². The van der Waals surface area contributed by atoms with Crippen molar-refractivity contribution < 1.29 is 0 Å². The minimum absolute atomic E-state index is 0.556. The molecule has 1 spiro atoms. The van der Waals surface area contributed by atoms with Gasteiger partial charge in [0.15, 0.2) is 0 Å². The van der Waals surface area contributed by atoms with Gasteiger partial charge < -0.3 is 9.47 Å². The Morgan fingerprint density at radius 3 is 1.57 bits per heavy atom. The summed E-state index contributed by atoms with van der Waals surface area (Å²) in [5, 5.41) is 5.24. The molecule has 1 aromatic heterocycles. The van der Waals surface area contributed by atoms with E-state index in [1.165, 1.54) is 88.2 Å². The molecule has 1 heterocycles. The zero-order chi connectivity index (χ0) is 40.1. The Hall–Kier alpha value is -7.94. The molecule has 2 nitrogen and oxygen atoms in total. The molecule has 0 bridgehead atoms. The fourth-order valence-corrected chi connectivity index (χ4v) is 10.9. The summed E-state index contributed by atoms with van der Waals surface area (Å²) in [5.74, 6) is 0. The average Bonchev–Trinajstić information content (AvgIpc) is 3.83. The Bertz CT molecular complexity index is 3460. The van der Waals surface area contributed by atoms with Gasteiger partial charge in [-0.1, -0.05) is 176 Å². The molecule has 0 saturated heterocycles. The highest BCUT2D eigenvalue weighted by molar-refractivity contribution is 6.27. The van der Waals surface area contributed by atoms with Crippen molar-refractivity contribution in [3.8, 4) is 39.1 Å². The van der Waals surface area contributed by atoms with Crippen LogP contribution < -0.4 is 4.90 Å². The topological polar surface area (TPSA) is 8.17 Å². The normalized spacial score (nSPS) is 13.0. The number of hydrogen-bond donors (Lipinski definition) is 0. The summed E-state index contributed by atoms with van der Waals surface area (Å²) in [6.07, 6.45) is 0. The third kappa shape index (κ3) is 4.79. The van der Waals surface area contributed by atoms with Crippen LogP contribution in [-0.2, 0) is 5.41 Å². The van der Waals surface area contributed by atoms with E-state index < -0.39 is 5.41 Å². The Kier molecular flexibility index (Phi) is 7.26. The van der Waals surface area contributed by atoms with Crippen LogP contribution in [0.15, 0.2) is 231 Å². The Labute approximate surface area is 354 Å². The van der Waals surface area contributed by atoms with Crippen LogP contribution in [0.5, 0.6) is 0 Å².